The predicted octanol–water partition coefficient (Wildman–Crippen LogP) is 3.01. The third kappa shape index (κ3) is 3.44. The Labute approximate surface area is 149 Å². The quantitative estimate of drug-likeness (QED) is 0.836. The van der Waals surface area contributed by atoms with Gasteiger partial charge in [0.05, 0.1) is 12.8 Å². The fourth-order valence-electron chi connectivity index (χ4n) is 4.39. The Morgan fingerprint density at radius 3 is 2.60 bits per heavy atom. The summed E-state index contributed by atoms with van der Waals surface area (Å²) in [5.41, 5.74) is 3.67. The van der Waals surface area contributed by atoms with Crippen LogP contribution in [0.4, 0.5) is 0 Å². The minimum absolute atomic E-state index is 0.654. The van der Waals surface area contributed by atoms with E-state index in [-0.39, 0.29) is 0 Å². The lowest BCUT2D eigenvalue weighted by molar-refractivity contribution is 0.152. The minimum Gasteiger partial charge on any atom is -0.497 e. The number of benzene rings is 1. The standard InChI is InChI=1S/C20H27N3O2/c1-14-20(15(2)25-21-14)13-22-9-17-8-18(12-22)23(11-17)10-16-4-6-19(24-3)7-5-16/h4-7,17-18H,8-13H2,1-3H3. The van der Waals surface area contributed by atoms with Gasteiger partial charge in [0.25, 0.3) is 0 Å². The van der Waals surface area contributed by atoms with Crippen LogP contribution in [0.3, 0.4) is 0 Å². The molecule has 4 rings (SSSR count). The fourth-order valence-corrected chi connectivity index (χ4v) is 4.39. The van der Waals surface area contributed by atoms with E-state index in [1.807, 2.05) is 13.8 Å². The Balaban J connectivity index is 1.40. The highest BCUT2D eigenvalue weighted by Gasteiger charge is 2.38. The van der Waals surface area contributed by atoms with E-state index < -0.39 is 0 Å². The van der Waals surface area contributed by atoms with E-state index in [1.54, 1.807) is 7.11 Å². The smallest absolute Gasteiger partial charge is 0.138 e. The van der Waals surface area contributed by atoms with Gasteiger partial charge in [0.15, 0.2) is 0 Å². The molecule has 25 heavy (non-hydrogen) atoms. The van der Waals surface area contributed by atoms with E-state index in [0.29, 0.717) is 6.04 Å². The second kappa shape index (κ2) is 6.81. The van der Waals surface area contributed by atoms with Crippen LogP contribution in [0.15, 0.2) is 28.8 Å². The minimum atomic E-state index is 0.654. The average Bonchev–Trinajstić information content (AvgIpc) is 3.08. The van der Waals surface area contributed by atoms with Crippen LogP contribution in [-0.2, 0) is 13.1 Å². The average molecular weight is 341 g/mol. The number of piperidine rings is 1. The van der Waals surface area contributed by atoms with E-state index in [2.05, 4.69) is 39.2 Å². The largest absolute Gasteiger partial charge is 0.497 e. The summed E-state index contributed by atoms with van der Waals surface area (Å²) in [7, 11) is 1.71. The normalized spacial score (nSPS) is 24.0. The molecule has 0 saturated carbocycles. The number of rotatable bonds is 5. The van der Waals surface area contributed by atoms with Crippen LogP contribution in [-0.4, -0.2) is 47.7 Å². The van der Waals surface area contributed by atoms with Gasteiger partial charge >= 0.3 is 0 Å². The number of methoxy groups -OCH3 is 1. The lowest BCUT2D eigenvalue weighted by Crippen LogP contribution is -2.41. The molecule has 3 heterocycles. The van der Waals surface area contributed by atoms with Gasteiger partial charge in [0, 0.05) is 44.3 Å². The first-order valence-electron chi connectivity index (χ1n) is 9.13. The Hall–Kier alpha value is -1.85. The highest BCUT2D eigenvalue weighted by molar-refractivity contribution is 5.27. The van der Waals surface area contributed by atoms with Crippen LogP contribution in [0.1, 0.15) is 29.0 Å². The number of fused-ring (bicyclic) bond motifs is 2. The van der Waals surface area contributed by atoms with Crippen molar-refractivity contribution in [2.75, 3.05) is 26.7 Å². The van der Waals surface area contributed by atoms with Crippen molar-refractivity contribution in [3.63, 3.8) is 0 Å². The molecule has 0 amide bonds. The van der Waals surface area contributed by atoms with Gasteiger partial charge in [0.2, 0.25) is 0 Å². The summed E-state index contributed by atoms with van der Waals surface area (Å²) in [5, 5.41) is 4.10. The number of aromatic nitrogens is 1. The van der Waals surface area contributed by atoms with Crippen molar-refractivity contribution in [3.05, 3.63) is 46.8 Å². The second-order valence-electron chi connectivity index (χ2n) is 7.53. The molecule has 2 aliphatic heterocycles. The molecule has 2 atom stereocenters. The summed E-state index contributed by atoms with van der Waals surface area (Å²) < 4.78 is 10.6. The summed E-state index contributed by atoms with van der Waals surface area (Å²) in [4.78, 5) is 5.24. The molecule has 2 unspecified atom stereocenters. The van der Waals surface area contributed by atoms with Gasteiger partial charge in [-0.2, -0.15) is 0 Å². The first-order chi connectivity index (χ1) is 12.1. The number of hydrogen-bond acceptors (Lipinski definition) is 5. The first kappa shape index (κ1) is 16.6. The van der Waals surface area contributed by atoms with Crippen LogP contribution < -0.4 is 4.74 Å². The zero-order valence-corrected chi connectivity index (χ0v) is 15.4. The van der Waals surface area contributed by atoms with E-state index in [4.69, 9.17) is 9.26 Å². The van der Waals surface area contributed by atoms with E-state index >= 15 is 0 Å². The third-order valence-corrected chi connectivity index (χ3v) is 5.71. The van der Waals surface area contributed by atoms with Crippen LogP contribution >= 0.6 is 0 Å². The summed E-state index contributed by atoms with van der Waals surface area (Å²) in [6.45, 7) is 9.57. The molecule has 1 aromatic heterocycles. The van der Waals surface area contributed by atoms with Gasteiger partial charge in [-0.25, -0.2) is 0 Å². The van der Waals surface area contributed by atoms with Gasteiger partial charge in [0.1, 0.15) is 11.5 Å². The van der Waals surface area contributed by atoms with Crippen LogP contribution in [0.5, 0.6) is 5.75 Å². The monoisotopic (exact) mass is 341 g/mol. The molecule has 0 radical (unpaired) electrons. The van der Waals surface area contributed by atoms with E-state index in [9.17, 15) is 0 Å². The number of hydrogen-bond donors (Lipinski definition) is 0. The zero-order chi connectivity index (χ0) is 17.4. The third-order valence-electron chi connectivity index (χ3n) is 5.71. The van der Waals surface area contributed by atoms with Gasteiger partial charge in [-0.05, 0) is 43.9 Å². The lowest BCUT2D eigenvalue weighted by atomic mass is 9.99. The topological polar surface area (TPSA) is 41.7 Å². The molecule has 0 N–H and O–H groups in total. The van der Waals surface area contributed by atoms with Crippen molar-refractivity contribution in [2.24, 2.45) is 5.92 Å². The molecule has 134 valence electrons. The maximum absolute atomic E-state index is 5.33. The molecular weight excluding hydrogens is 314 g/mol. The second-order valence-corrected chi connectivity index (χ2v) is 7.53. The first-order valence-corrected chi connectivity index (χ1v) is 9.13. The highest BCUT2D eigenvalue weighted by atomic mass is 16.5. The van der Waals surface area contributed by atoms with E-state index in [0.717, 1.165) is 42.8 Å². The highest BCUT2D eigenvalue weighted by Crippen LogP contribution is 2.32. The summed E-state index contributed by atoms with van der Waals surface area (Å²) in [6, 6.07) is 9.13. The molecule has 2 saturated heterocycles. The van der Waals surface area contributed by atoms with E-state index in [1.165, 1.54) is 30.6 Å². The van der Waals surface area contributed by atoms with Crippen LogP contribution in [0, 0.1) is 19.8 Å². The van der Waals surface area contributed by atoms with Crippen molar-refractivity contribution in [2.45, 2.75) is 39.4 Å². The molecule has 1 aromatic carbocycles. The maximum atomic E-state index is 5.33. The predicted molar refractivity (Wildman–Crippen MR) is 96.6 cm³/mol. The fraction of sp³-hybridized carbons (Fsp3) is 0.550. The molecule has 0 spiro atoms. The molecule has 2 bridgehead atoms. The van der Waals surface area contributed by atoms with Crippen molar-refractivity contribution in [3.8, 4) is 5.75 Å². The molecule has 2 fully saturated rings. The van der Waals surface area contributed by atoms with Crippen LogP contribution in [0.2, 0.25) is 0 Å². The summed E-state index contributed by atoms with van der Waals surface area (Å²) >= 11 is 0. The van der Waals surface area contributed by atoms with Crippen molar-refractivity contribution in [1.29, 1.82) is 0 Å². The van der Waals surface area contributed by atoms with Crippen molar-refractivity contribution >= 4 is 0 Å². The number of likely N-dealkylation sites (tertiary alicyclic amines) is 2. The molecular formula is C20H27N3O2. The Bertz CT molecular complexity index is 706. The summed E-state index contributed by atoms with van der Waals surface area (Å²) in [6.07, 6.45) is 1.33. The van der Waals surface area contributed by atoms with Crippen LogP contribution in [0.25, 0.3) is 0 Å². The Morgan fingerprint density at radius 1 is 1.12 bits per heavy atom. The maximum Gasteiger partial charge on any atom is 0.138 e. The zero-order valence-electron chi connectivity index (χ0n) is 15.4. The summed E-state index contributed by atoms with van der Waals surface area (Å²) in [5.74, 6) is 2.66. The SMILES string of the molecule is COc1ccc(CN2CC3CC2CN(Cc2c(C)noc2C)C3)cc1. The molecule has 2 aliphatic rings. The number of ether oxygens (including phenoxy) is 1. The molecule has 0 aliphatic carbocycles. The van der Waals surface area contributed by atoms with Gasteiger partial charge in [-0.15, -0.1) is 0 Å². The van der Waals surface area contributed by atoms with Gasteiger partial charge < -0.3 is 9.26 Å². The lowest BCUT2D eigenvalue weighted by Gasteiger charge is -2.32. The molecule has 5 heteroatoms. The van der Waals surface area contributed by atoms with Gasteiger partial charge in [-0.3, -0.25) is 9.80 Å². The Morgan fingerprint density at radius 2 is 1.92 bits per heavy atom. The van der Waals surface area contributed by atoms with Crippen molar-refractivity contribution < 1.29 is 9.26 Å². The molecule has 5 nitrogen and oxygen atoms in total. The van der Waals surface area contributed by atoms with Crippen molar-refractivity contribution in [1.82, 2.24) is 15.0 Å². The Kier molecular flexibility index (Phi) is 4.52. The molecule has 2 aromatic rings. The van der Waals surface area contributed by atoms with Gasteiger partial charge in [-0.1, -0.05) is 17.3 Å². The number of nitrogens with zero attached hydrogens (tertiary/aromatic N) is 3. The number of aryl methyl sites for hydroxylation is 2.